The third-order valence-electron chi connectivity index (χ3n) is 7.04. The highest BCUT2D eigenvalue weighted by molar-refractivity contribution is 5.94. The van der Waals surface area contributed by atoms with Crippen molar-refractivity contribution in [1.29, 1.82) is 0 Å². The van der Waals surface area contributed by atoms with Crippen LogP contribution < -0.4 is 10.2 Å². The number of esters is 1. The van der Waals surface area contributed by atoms with Crippen molar-refractivity contribution in [3.63, 3.8) is 0 Å². The van der Waals surface area contributed by atoms with Crippen molar-refractivity contribution in [2.45, 2.75) is 50.2 Å². The quantitative estimate of drug-likeness (QED) is 0.736. The maximum Gasteiger partial charge on any atom is 0.339 e. The largest absolute Gasteiger partial charge is 0.450 e. The Bertz CT molecular complexity index is 1020. The normalized spacial score (nSPS) is 25.5. The first-order chi connectivity index (χ1) is 15.4. The molecule has 0 atom stereocenters. The second-order valence-corrected chi connectivity index (χ2v) is 8.98. The molecule has 0 unspecified atom stereocenters. The molecule has 1 aliphatic carbocycles. The Labute approximate surface area is 185 Å². The molecule has 0 bridgehead atoms. The van der Waals surface area contributed by atoms with E-state index in [1.54, 1.807) is 18.5 Å². The van der Waals surface area contributed by atoms with E-state index < -0.39 is 17.2 Å². The van der Waals surface area contributed by atoms with Gasteiger partial charge in [-0.05, 0) is 56.7 Å². The third kappa shape index (κ3) is 3.82. The highest BCUT2D eigenvalue weighted by Gasteiger charge is 2.48. The van der Waals surface area contributed by atoms with Gasteiger partial charge in [-0.1, -0.05) is 0 Å². The van der Waals surface area contributed by atoms with Crippen molar-refractivity contribution < 1.29 is 23.1 Å². The number of halogens is 2. The molecule has 0 radical (unpaired) electrons. The van der Waals surface area contributed by atoms with Crippen LogP contribution in [0.1, 0.15) is 54.4 Å². The van der Waals surface area contributed by atoms with Crippen molar-refractivity contribution in [2.24, 2.45) is 5.92 Å². The maximum atomic E-state index is 13.5. The lowest BCUT2D eigenvalue weighted by Gasteiger charge is -2.37. The monoisotopic (exact) mass is 441 g/mol. The number of fused-ring (bicyclic) bond motifs is 2. The SMILES string of the molecule is O=C1O[C@]2(CC[C@@H](C(=O)NC3CCN(c4cc(F)cc(F)c4)CC3)CC2)c2cnccc21. The van der Waals surface area contributed by atoms with Gasteiger partial charge in [-0.15, -0.1) is 0 Å². The van der Waals surface area contributed by atoms with E-state index in [1.807, 2.05) is 4.90 Å². The van der Waals surface area contributed by atoms with E-state index >= 15 is 0 Å². The summed E-state index contributed by atoms with van der Waals surface area (Å²) in [5.74, 6) is -1.56. The Morgan fingerprint density at radius 1 is 1.09 bits per heavy atom. The number of benzene rings is 1. The zero-order valence-electron chi connectivity index (χ0n) is 17.7. The fourth-order valence-corrected chi connectivity index (χ4v) is 5.26. The lowest BCUT2D eigenvalue weighted by atomic mass is 9.75. The molecule has 6 nitrogen and oxygen atoms in total. The molecular weight excluding hydrogens is 416 g/mol. The van der Waals surface area contributed by atoms with E-state index in [-0.39, 0.29) is 23.8 Å². The van der Waals surface area contributed by atoms with Crippen LogP contribution in [0.25, 0.3) is 0 Å². The number of piperidine rings is 1. The van der Waals surface area contributed by atoms with Crippen molar-refractivity contribution in [2.75, 3.05) is 18.0 Å². The van der Waals surface area contributed by atoms with Crippen LogP contribution in [0.2, 0.25) is 0 Å². The maximum absolute atomic E-state index is 13.5. The molecule has 8 heteroatoms. The van der Waals surface area contributed by atoms with Gasteiger partial charge in [0.05, 0.1) is 5.56 Å². The second kappa shape index (κ2) is 8.15. The van der Waals surface area contributed by atoms with Crippen molar-refractivity contribution >= 4 is 17.6 Å². The van der Waals surface area contributed by atoms with Gasteiger partial charge in [-0.3, -0.25) is 9.78 Å². The Kier molecular flexibility index (Phi) is 5.31. The highest BCUT2D eigenvalue weighted by Crippen LogP contribution is 2.47. The molecule has 1 saturated carbocycles. The van der Waals surface area contributed by atoms with E-state index in [0.717, 1.165) is 24.5 Å². The molecule has 2 aliphatic heterocycles. The predicted molar refractivity (Wildman–Crippen MR) is 113 cm³/mol. The van der Waals surface area contributed by atoms with E-state index in [2.05, 4.69) is 10.3 Å². The number of anilines is 1. The molecule has 5 rings (SSSR count). The van der Waals surface area contributed by atoms with Gasteiger partial charge in [-0.2, -0.15) is 0 Å². The predicted octanol–water partition coefficient (Wildman–Crippen LogP) is 3.70. The van der Waals surface area contributed by atoms with Gasteiger partial charge in [0.1, 0.15) is 17.2 Å². The zero-order valence-corrected chi connectivity index (χ0v) is 17.7. The number of carbonyl (C=O) groups excluding carboxylic acids is 2. The number of hydrogen-bond donors (Lipinski definition) is 1. The third-order valence-corrected chi connectivity index (χ3v) is 7.04. The molecule has 1 aromatic carbocycles. The molecule has 168 valence electrons. The molecule has 1 N–H and O–H groups in total. The molecule has 3 heterocycles. The first-order valence-corrected chi connectivity index (χ1v) is 11.1. The van der Waals surface area contributed by atoms with E-state index in [4.69, 9.17) is 4.74 Å². The lowest BCUT2D eigenvalue weighted by molar-refractivity contribution is -0.128. The summed E-state index contributed by atoms with van der Waals surface area (Å²) >= 11 is 0. The minimum absolute atomic E-state index is 0.0332. The summed E-state index contributed by atoms with van der Waals surface area (Å²) < 4.78 is 32.7. The van der Waals surface area contributed by atoms with Gasteiger partial charge in [0.25, 0.3) is 0 Å². The average molecular weight is 441 g/mol. The molecule has 1 saturated heterocycles. The molecule has 32 heavy (non-hydrogen) atoms. The molecule has 2 fully saturated rings. The summed E-state index contributed by atoms with van der Waals surface area (Å²) in [5, 5.41) is 3.16. The van der Waals surface area contributed by atoms with Crippen LogP contribution in [0.3, 0.4) is 0 Å². The Morgan fingerprint density at radius 3 is 2.47 bits per heavy atom. The summed E-state index contributed by atoms with van der Waals surface area (Å²) in [6.07, 6.45) is 7.25. The number of amides is 1. The van der Waals surface area contributed by atoms with Crippen molar-refractivity contribution in [3.8, 4) is 0 Å². The minimum atomic E-state index is -0.650. The summed E-state index contributed by atoms with van der Waals surface area (Å²) in [4.78, 5) is 31.2. The minimum Gasteiger partial charge on any atom is -0.450 e. The number of hydrogen-bond acceptors (Lipinski definition) is 5. The van der Waals surface area contributed by atoms with Crippen LogP contribution in [0.4, 0.5) is 14.5 Å². The molecule has 1 aromatic heterocycles. The van der Waals surface area contributed by atoms with Crippen LogP contribution in [-0.4, -0.2) is 36.0 Å². The zero-order chi connectivity index (χ0) is 22.3. The van der Waals surface area contributed by atoms with Gasteiger partial charge in [0.2, 0.25) is 5.91 Å². The highest BCUT2D eigenvalue weighted by atomic mass is 19.1. The Morgan fingerprint density at radius 2 is 1.78 bits per heavy atom. The van der Waals surface area contributed by atoms with E-state index in [1.165, 1.54) is 12.1 Å². The summed E-state index contributed by atoms with van der Waals surface area (Å²) in [7, 11) is 0. The van der Waals surface area contributed by atoms with Crippen molar-refractivity contribution in [3.05, 3.63) is 59.4 Å². The van der Waals surface area contributed by atoms with E-state index in [9.17, 15) is 18.4 Å². The van der Waals surface area contributed by atoms with Gasteiger partial charge in [0.15, 0.2) is 0 Å². The number of pyridine rings is 1. The molecule has 3 aliphatic rings. The number of carbonyl (C=O) groups is 2. The Hall–Kier alpha value is -3.03. The van der Waals surface area contributed by atoms with Gasteiger partial charge in [0, 0.05) is 54.8 Å². The number of aromatic nitrogens is 1. The number of nitrogens with one attached hydrogen (secondary N) is 1. The fourth-order valence-electron chi connectivity index (χ4n) is 5.26. The summed E-state index contributed by atoms with van der Waals surface area (Å²) in [6, 6.07) is 5.27. The standard InChI is InChI=1S/C24H25F2N3O3/c25-16-11-17(26)13-19(12-16)29-9-4-18(5-10-29)28-22(30)15-1-6-24(7-2-15)21-14-27-8-3-20(21)23(31)32-24/h3,8,11-15,18H,1-2,4-7,9-10H2,(H,28,30)/t15-,24+. The fraction of sp³-hybridized carbons (Fsp3) is 0.458. The Balaban J connectivity index is 1.14. The lowest BCUT2D eigenvalue weighted by Crippen LogP contribution is -2.47. The topological polar surface area (TPSA) is 71.5 Å². The van der Waals surface area contributed by atoms with Crippen LogP contribution in [0.15, 0.2) is 36.7 Å². The number of nitrogens with zero attached hydrogens (tertiary/aromatic N) is 2. The van der Waals surface area contributed by atoms with E-state index in [0.29, 0.717) is 50.0 Å². The second-order valence-electron chi connectivity index (χ2n) is 8.98. The van der Waals surface area contributed by atoms with Crippen LogP contribution in [-0.2, 0) is 15.1 Å². The summed E-state index contributed by atoms with van der Waals surface area (Å²) in [5.41, 5.74) is 1.30. The molecule has 1 spiro atoms. The first-order valence-electron chi connectivity index (χ1n) is 11.1. The van der Waals surface area contributed by atoms with Crippen LogP contribution in [0.5, 0.6) is 0 Å². The number of ether oxygens (including phenoxy) is 1. The van der Waals surface area contributed by atoms with Crippen LogP contribution >= 0.6 is 0 Å². The molecule has 1 amide bonds. The molecule has 2 aromatic rings. The van der Waals surface area contributed by atoms with Gasteiger partial charge >= 0.3 is 5.97 Å². The van der Waals surface area contributed by atoms with Crippen molar-refractivity contribution in [1.82, 2.24) is 10.3 Å². The smallest absolute Gasteiger partial charge is 0.339 e. The van der Waals surface area contributed by atoms with Crippen LogP contribution in [0, 0.1) is 17.6 Å². The van der Waals surface area contributed by atoms with Gasteiger partial charge < -0.3 is 15.0 Å². The average Bonchev–Trinajstić information content (AvgIpc) is 3.05. The first kappa shape index (κ1) is 20.8. The number of rotatable bonds is 3. The summed E-state index contributed by atoms with van der Waals surface area (Å²) in [6.45, 7) is 1.25. The molecular formula is C24H25F2N3O3. The van der Waals surface area contributed by atoms with Gasteiger partial charge in [-0.25, -0.2) is 13.6 Å².